The third kappa shape index (κ3) is 4.29. The van der Waals surface area contributed by atoms with Gasteiger partial charge in [0.15, 0.2) is 0 Å². The van der Waals surface area contributed by atoms with Crippen LogP contribution in [0, 0.1) is 11.6 Å². The van der Waals surface area contributed by atoms with Gasteiger partial charge in [0.2, 0.25) is 0 Å². The molecule has 0 N–H and O–H groups in total. The Hall–Kier alpha value is -1.12. The monoisotopic (exact) mass is 370 g/mol. The molecule has 0 nitrogen and oxygen atoms in total. The van der Waals surface area contributed by atoms with Gasteiger partial charge in [0, 0.05) is 10.0 Å². The van der Waals surface area contributed by atoms with Crippen molar-refractivity contribution in [1.82, 2.24) is 0 Å². The number of benzene rings is 2. The van der Waals surface area contributed by atoms with Crippen LogP contribution in [-0.4, -0.2) is 0 Å². The molecule has 0 aromatic heterocycles. The molecular weight excluding hydrogens is 349 g/mol. The van der Waals surface area contributed by atoms with Crippen LogP contribution >= 0.6 is 23.2 Å². The predicted octanol–water partition coefficient (Wildman–Crippen LogP) is 7.09. The highest BCUT2D eigenvalue weighted by Gasteiger charge is 2.26. The van der Waals surface area contributed by atoms with Crippen LogP contribution in [0.25, 0.3) is 0 Å². The van der Waals surface area contributed by atoms with Gasteiger partial charge in [-0.05, 0) is 64.3 Å². The molecular formula is C20H22Cl2F2. The SMILES string of the molecule is CC(C)(C)c1cc(Cl)c(CC(C)(C)c2cc(F)cc(Cl)c2)cc1F. The number of halogens is 4. The van der Waals surface area contributed by atoms with Crippen molar-refractivity contribution < 1.29 is 8.78 Å². The first-order valence-corrected chi connectivity index (χ1v) is 8.61. The maximum Gasteiger partial charge on any atom is 0.127 e. The van der Waals surface area contributed by atoms with E-state index in [2.05, 4.69) is 0 Å². The van der Waals surface area contributed by atoms with E-state index in [-0.39, 0.29) is 17.0 Å². The van der Waals surface area contributed by atoms with Crippen molar-refractivity contribution in [1.29, 1.82) is 0 Å². The van der Waals surface area contributed by atoms with E-state index in [4.69, 9.17) is 23.2 Å². The molecule has 2 aromatic rings. The zero-order valence-electron chi connectivity index (χ0n) is 14.6. The standard InChI is InChI=1S/C20H22Cl2F2/c1-19(2,3)16-10-17(22)12(6-18(16)24)11-20(4,5)13-7-14(21)9-15(23)8-13/h6-10H,11H2,1-5H3. The van der Waals surface area contributed by atoms with E-state index in [1.54, 1.807) is 12.1 Å². The van der Waals surface area contributed by atoms with Crippen LogP contribution < -0.4 is 0 Å². The van der Waals surface area contributed by atoms with Crippen LogP contribution in [0.3, 0.4) is 0 Å². The smallest absolute Gasteiger partial charge is 0.127 e. The zero-order valence-corrected chi connectivity index (χ0v) is 16.1. The maximum atomic E-state index is 14.5. The molecule has 4 heteroatoms. The van der Waals surface area contributed by atoms with Crippen LogP contribution in [0.2, 0.25) is 10.0 Å². The Kier molecular flexibility index (Phi) is 5.32. The van der Waals surface area contributed by atoms with Crippen molar-refractivity contribution in [3.8, 4) is 0 Å². The average molecular weight is 371 g/mol. The molecule has 0 atom stereocenters. The molecule has 0 saturated carbocycles. The Labute approximate surface area is 152 Å². The summed E-state index contributed by atoms with van der Waals surface area (Å²) in [5.41, 5.74) is 1.28. The topological polar surface area (TPSA) is 0 Å². The van der Waals surface area contributed by atoms with Gasteiger partial charge < -0.3 is 0 Å². The van der Waals surface area contributed by atoms with Gasteiger partial charge in [-0.1, -0.05) is 57.8 Å². The van der Waals surface area contributed by atoms with Crippen LogP contribution in [0.4, 0.5) is 8.78 Å². The molecule has 0 amide bonds. The van der Waals surface area contributed by atoms with Crippen molar-refractivity contribution in [3.05, 3.63) is 68.7 Å². The van der Waals surface area contributed by atoms with E-state index >= 15 is 0 Å². The Morgan fingerprint density at radius 2 is 1.50 bits per heavy atom. The third-order valence-corrected chi connectivity index (χ3v) is 4.79. The van der Waals surface area contributed by atoms with Crippen LogP contribution in [0.15, 0.2) is 30.3 Å². The van der Waals surface area contributed by atoms with Gasteiger partial charge in [0.1, 0.15) is 11.6 Å². The lowest BCUT2D eigenvalue weighted by Gasteiger charge is -2.27. The summed E-state index contributed by atoms with van der Waals surface area (Å²) in [6.07, 6.45) is 0.479. The quantitative estimate of drug-likeness (QED) is 0.540. The van der Waals surface area contributed by atoms with E-state index in [1.165, 1.54) is 18.2 Å². The minimum absolute atomic E-state index is 0.269. The lowest BCUT2D eigenvalue weighted by atomic mass is 9.78. The second-order valence-corrected chi connectivity index (χ2v) is 8.74. The molecule has 130 valence electrons. The molecule has 0 spiro atoms. The largest absolute Gasteiger partial charge is 0.207 e. The lowest BCUT2D eigenvalue weighted by molar-refractivity contribution is 0.503. The van der Waals surface area contributed by atoms with Crippen molar-refractivity contribution in [2.75, 3.05) is 0 Å². The maximum absolute atomic E-state index is 14.5. The fraction of sp³-hybridized carbons (Fsp3) is 0.400. The molecule has 0 bridgehead atoms. The molecule has 0 aliphatic rings. The molecule has 0 unspecified atom stereocenters. The van der Waals surface area contributed by atoms with Gasteiger partial charge in [-0.15, -0.1) is 0 Å². The first-order chi connectivity index (χ1) is 10.9. The molecule has 24 heavy (non-hydrogen) atoms. The third-order valence-electron chi connectivity index (χ3n) is 4.22. The summed E-state index contributed by atoms with van der Waals surface area (Å²) >= 11 is 12.4. The minimum Gasteiger partial charge on any atom is -0.207 e. The second-order valence-electron chi connectivity index (χ2n) is 7.89. The zero-order chi connectivity index (χ0) is 18.3. The second kappa shape index (κ2) is 6.65. The molecule has 0 aliphatic carbocycles. The summed E-state index contributed by atoms with van der Waals surface area (Å²) in [5.74, 6) is -0.652. The van der Waals surface area contributed by atoms with Crippen molar-refractivity contribution in [2.24, 2.45) is 0 Å². The molecule has 0 saturated heterocycles. The number of rotatable bonds is 3. The Balaban J connectivity index is 2.41. The van der Waals surface area contributed by atoms with Gasteiger partial charge in [0.05, 0.1) is 0 Å². The molecule has 2 aromatic carbocycles. The van der Waals surface area contributed by atoms with E-state index in [1.807, 2.05) is 34.6 Å². The minimum atomic E-state index is -0.439. The van der Waals surface area contributed by atoms with E-state index in [0.717, 1.165) is 5.56 Å². The normalized spacial score (nSPS) is 12.5. The van der Waals surface area contributed by atoms with Gasteiger partial charge in [0.25, 0.3) is 0 Å². The Morgan fingerprint density at radius 1 is 0.875 bits per heavy atom. The van der Waals surface area contributed by atoms with Crippen molar-refractivity contribution in [3.63, 3.8) is 0 Å². The molecule has 0 fully saturated rings. The average Bonchev–Trinajstić information content (AvgIpc) is 2.40. The molecule has 0 aliphatic heterocycles. The Bertz CT molecular complexity index is 739. The summed E-state index contributed by atoms with van der Waals surface area (Å²) in [4.78, 5) is 0. The predicted molar refractivity (Wildman–Crippen MR) is 98.3 cm³/mol. The van der Waals surface area contributed by atoms with Gasteiger partial charge in [-0.3, -0.25) is 0 Å². The number of hydrogen-bond acceptors (Lipinski definition) is 0. The van der Waals surface area contributed by atoms with Gasteiger partial charge in [-0.25, -0.2) is 8.78 Å². The van der Waals surface area contributed by atoms with E-state index < -0.39 is 5.41 Å². The van der Waals surface area contributed by atoms with Gasteiger partial charge >= 0.3 is 0 Å². The summed E-state index contributed by atoms with van der Waals surface area (Å²) in [5, 5.41) is 0.871. The summed E-state index contributed by atoms with van der Waals surface area (Å²) in [6, 6.07) is 7.65. The Morgan fingerprint density at radius 3 is 2.04 bits per heavy atom. The summed E-state index contributed by atoms with van der Waals surface area (Å²) < 4.78 is 28.1. The van der Waals surface area contributed by atoms with Crippen LogP contribution in [-0.2, 0) is 17.3 Å². The highest BCUT2D eigenvalue weighted by atomic mass is 35.5. The van der Waals surface area contributed by atoms with E-state index in [9.17, 15) is 8.78 Å². The first kappa shape index (κ1) is 19.2. The fourth-order valence-corrected chi connectivity index (χ4v) is 3.27. The van der Waals surface area contributed by atoms with Crippen LogP contribution in [0.1, 0.15) is 51.3 Å². The summed E-state index contributed by atoms with van der Waals surface area (Å²) in [6.45, 7) is 9.76. The van der Waals surface area contributed by atoms with E-state index in [0.29, 0.717) is 27.6 Å². The highest BCUT2D eigenvalue weighted by molar-refractivity contribution is 6.31. The number of hydrogen-bond donors (Lipinski definition) is 0. The van der Waals surface area contributed by atoms with Gasteiger partial charge in [-0.2, -0.15) is 0 Å². The highest BCUT2D eigenvalue weighted by Crippen LogP contribution is 2.35. The molecule has 0 heterocycles. The van der Waals surface area contributed by atoms with Crippen LogP contribution in [0.5, 0.6) is 0 Å². The first-order valence-electron chi connectivity index (χ1n) is 7.85. The molecule has 0 radical (unpaired) electrons. The van der Waals surface area contributed by atoms with Crippen molar-refractivity contribution in [2.45, 2.75) is 51.9 Å². The molecule has 2 rings (SSSR count). The lowest BCUT2D eigenvalue weighted by Crippen LogP contribution is -2.22. The fourth-order valence-electron chi connectivity index (χ4n) is 2.82. The summed E-state index contributed by atoms with van der Waals surface area (Å²) in [7, 11) is 0. The van der Waals surface area contributed by atoms with Crippen molar-refractivity contribution >= 4 is 23.2 Å².